The summed E-state index contributed by atoms with van der Waals surface area (Å²) in [6.07, 6.45) is 4.17. The quantitative estimate of drug-likeness (QED) is 0.837. The number of piperidine rings is 1. The highest BCUT2D eigenvalue weighted by Gasteiger charge is 2.25. The summed E-state index contributed by atoms with van der Waals surface area (Å²) in [4.78, 5) is 26.8. The van der Waals surface area contributed by atoms with E-state index in [2.05, 4.69) is 5.32 Å². The molecule has 2 aliphatic rings. The molecule has 1 unspecified atom stereocenters. The summed E-state index contributed by atoms with van der Waals surface area (Å²) in [5, 5.41) is 3.00. The Morgan fingerprint density at radius 1 is 1.00 bits per heavy atom. The standard InChI is InChI=1S/C23H26N2O3/c26-22(24-20-11-12-20)19-9-4-10-21(14-19)28-16-17-6-5-13-25(15-17)23(27)18-7-2-1-3-8-18/h1-4,7-10,14,17,20H,5-6,11-13,15-16H2,(H,24,26). The summed E-state index contributed by atoms with van der Waals surface area (Å²) in [6.45, 7) is 2.04. The number of benzene rings is 2. The Morgan fingerprint density at radius 2 is 1.79 bits per heavy atom. The summed E-state index contributed by atoms with van der Waals surface area (Å²) in [5.41, 5.74) is 1.37. The summed E-state index contributed by atoms with van der Waals surface area (Å²) in [5.74, 6) is 1.05. The smallest absolute Gasteiger partial charge is 0.253 e. The monoisotopic (exact) mass is 378 g/mol. The van der Waals surface area contributed by atoms with Crippen LogP contribution in [0.5, 0.6) is 5.75 Å². The second-order valence-corrected chi connectivity index (χ2v) is 7.71. The molecule has 1 atom stereocenters. The van der Waals surface area contributed by atoms with E-state index < -0.39 is 0 Å². The highest BCUT2D eigenvalue weighted by molar-refractivity contribution is 5.95. The molecule has 2 aromatic carbocycles. The molecule has 1 aliphatic heterocycles. The number of nitrogens with one attached hydrogen (secondary N) is 1. The predicted molar refractivity (Wildman–Crippen MR) is 107 cm³/mol. The van der Waals surface area contributed by atoms with Crippen LogP contribution in [-0.2, 0) is 0 Å². The van der Waals surface area contributed by atoms with E-state index in [1.165, 1.54) is 0 Å². The average Bonchev–Trinajstić information content (AvgIpc) is 3.57. The van der Waals surface area contributed by atoms with Crippen LogP contribution in [0.4, 0.5) is 0 Å². The van der Waals surface area contributed by atoms with Gasteiger partial charge in [0.05, 0.1) is 6.61 Å². The number of hydrogen-bond acceptors (Lipinski definition) is 3. The summed E-state index contributed by atoms with van der Waals surface area (Å²) >= 11 is 0. The first kappa shape index (κ1) is 18.5. The molecule has 2 amide bonds. The van der Waals surface area contributed by atoms with Crippen molar-refractivity contribution in [3.05, 3.63) is 65.7 Å². The zero-order chi connectivity index (χ0) is 19.3. The first-order valence-corrected chi connectivity index (χ1v) is 10.1. The Kier molecular flexibility index (Phi) is 5.60. The highest BCUT2D eigenvalue weighted by atomic mass is 16.5. The average molecular weight is 378 g/mol. The van der Waals surface area contributed by atoms with Crippen LogP contribution in [0.2, 0.25) is 0 Å². The Balaban J connectivity index is 1.32. The van der Waals surface area contributed by atoms with E-state index in [4.69, 9.17) is 4.74 Å². The lowest BCUT2D eigenvalue weighted by molar-refractivity contribution is 0.0633. The third kappa shape index (κ3) is 4.71. The van der Waals surface area contributed by atoms with E-state index in [0.29, 0.717) is 36.4 Å². The Morgan fingerprint density at radius 3 is 2.57 bits per heavy atom. The number of rotatable bonds is 6. The highest BCUT2D eigenvalue weighted by Crippen LogP contribution is 2.22. The minimum Gasteiger partial charge on any atom is -0.493 e. The fraction of sp³-hybridized carbons (Fsp3) is 0.391. The maximum absolute atomic E-state index is 12.7. The van der Waals surface area contributed by atoms with Crippen molar-refractivity contribution in [2.45, 2.75) is 31.7 Å². The molecular weight excluding hydrogens is 352 g/mol. The Labute approximate surface area is 165 Å². The fourth-order valence-electron chi connectivity index (χ4n) is 3.59. The van der Waals surface area contributed by atoms with Gasteiger partial charge in [-0.3, -0.25) is 9.59 Å². The van der Waals surface area contributed by atoms with Crippen LogP contribution in [0.25, 0.3) is 0 Å². The molecule has 2 fully saturated rings. The Hall–Kier alpha value is -2.82. The predicted octanol–water partition coefficient (Wildman–Crippen LogP) is 3.51. The number of ether oxygens (including phenoxy) is 1. The maximum atomic E-state index is 12.7. The molecule has 28 heavy (non-hydrogen) atoms. The van der Waals surface area contributed by atoms with Crippen LogP contribution >= 0.6 is 0 Å². The Bertz CT molecular complexity index is 833. The maximum Gasteiger partial charge on any atom is 0.253 e. The molecule has 1 aliphatic carbocycles. The second kappa shape index (κ2) is 8.46. The molecule has 1 N–H and O–H groups in total. The molecule has 0 bridgehead atoms. The lowest BCUT2D eigenvalue weighted by Gasteiger charge is -2.32. The van der Waals surface area contributed by atoms with Gasteiger partial charge >= 0.3 is 0 Å². The molecule has 5 heteroatoms. The number of likely N-dealkylation sites (tertiary alicyclic amines) is 1. The van der Waals surface area contributed by atoms with E-state index in [9.17, 15) is 9.59 Å². The van der Waals surface area contributed by atoms with Gasteiger partial charge in [-0.1, -0.05) is 24.3 Å². The molecule has 5 nitrogen and oxygen atoms in total. The van der Waals surface area contributed by atoms with Gasteiger partial charge in [0.15, 0.2) is 0 Å². The SMILES string of the molecule is O=C(NC1CC1)c1cccc(OCC2CCCN(C(=O)c3ccccc3)C2)c1. The minimum atomic E-state index is -0.0368. The van der Waals surface area contributed by atoms with Crippen LogP contribution in [0.15, 0.2) is 54.6 Å². The molecule has 2 aromatic rings. The fourth-order valence-corrected chi connectivity index (χ4v) is 3.59. The zero-order valence-corrected chi connectivity index (χ0v) is 16.0. The van der Waals surface area contributed by atoms with Crippen LogP contribution in [-0.4, -0.2) is 42.5 Å². The van der Waals surface area contributed by atoms with Gasteiger partial charge in [-0.15, -0.1) is 0 Å². The molecular formula is C23H26N2O3. The van der Waals surface area contributed by atoms with Crippen LogP contribution in [0, 0.1) is 5.92 Å². The third-order valence-corrected chi connectivity index (χ3v) is 5.32. The summed E-state index contributed by atoms with van der Waals surface area (Å²) in [7, 11) is 0. The van der Waals surface area contributed by atoms with Crippen molar-refractivity contribution in [3.63, 3.8) is 0 Å². The van der Waals surface area contributed by atoms with Gasteiger partial charge in [-0.25, -0.2) is 0 Å². The first-order valence-electron chi connectivity index (χ1n) is 10.1. The van der Waals surface area contributed by atoms with Crippen LogP contribution in [0.3, 0.4) is 0 Å². The van der Waals surface area contributed by atoms with E-state index in [1.807, 2.05) is 53.4 Å². The van der Waals surface area contributed by atoms with Gasteiger partial charge in [0.25, 0.3) is 11.8 Å². The van der Waals surface area contributed by atoms with Gasteiger partial charge in [-0.05, 0) is 56.0 Å². The van der Waals surface area contributed by atoms with Gasteiger partial charge in [0, 0.05) is 36.2 Å². The number of hydrogen-bond donors (Lipinski definition) is 1. The molecule has 4 rings (SSSR count). The molecule has 1 saturated carbocycles. The van der Waals surface area contributed by atoms with Crippen molar-refractivity contribution in [2.75, 3.05) is 19.7 Å². The topological polar surface area (TPSA) is 58.6 Å². The van der Waals surface area contributed by atoms with Crippen molar-refractivity contribution in [3.8, 4) is 5.75 Å². The third-order valence-electron chi connectivity index (χ3n) is 5.32. The molecule has 1 heterocycles. The van der Waals surface area contributed by atoms with Crippen molar-refractivity contribution in [1.29, 1.82) is 0 Å². The van der Waals surface area contributed by atoms with Gasteiger partial charge in [0.1, 0.15) is 5.75 Å². The summed E-state index contributed by atoms with van der Waals surface area (Å²) in [6, 6.07) is 17.1. The van der Waals surface area contributed by atoms with Crippen molar-refractivity contribution in [2.24, 2.45) is 5.92 Å². The number of carbonyl (C=O) groups is 2. The van der Waals surface area contributed by atoms with Crippen molar-refractivity contribution >= 4 is 11.8 Å². The van der Waals surface area contributed by atoms with Gasteiger partial charge in [0.2, 0.25) is 0 Å². The lowest BCUT2D eigenvalue weighted by atomic mass is 9.98. The number of amides is 2. The van der Waals surface area contributed by atoms with E-state index in [-0.39, 0.29) is 11.8 Å². The number of nitrogens with zero attached hydrogens (tertiary/aromatic N) is 1. The normalized spacial score (nSPS) is 19.1. The molecule has 146 valence electrons. The lowest BCUT2D eigenvalue weighted by Crippen LogP contribution is -2.41. The largest absolute Gasteiger partial charge is 0.493 e. The summed E-state index contributed by atoms with van der Waals surface area (Å²) < 4.78 is 5.97. The molecule has 0 aromatic heterocycles. The molecule has 1 saturated heterocycles. The number of carbonyl (C=O) groups excluding carboxylic acids is 2. The molecule has 0 radical (unpaired) electrons. The molecule has 0 spiro atoms. The second-order valence-electron chi connectivity index (χ2n) is 7.71. The van der Waals surface area contributed by atoms with Gasteiger partial charge in [-0.2, -0.15) is 0 Å². The van der Waals surface area contributed by atoms with Crippen molar-refractivity contribution < 1.29 is 14.3 Å². The van der Waals surface area contributed by atoms with E-state index >= 15 is 0 Å². The zero-order valence-electron chi connectivity index (χ0n) is 16.0. The van der Waals surface area contributed by atoms with Gasteiger partial charge < -0.3 is 15.0 Å². The first-order chi connectivity index (χ1) is 13.7. The minimum absolute atomic E-state index is 0.0368. The van der Waals surface area contributed by atoms with E-state index in [1.54, 1.807) is 6.07 Å². The van der Waals surface area contributed by atoms with E-state index in [0.717, 1.165) is 37.8 Å². The van der Waals surface area contributed by atoms with Crippen LogP contribution in [0.1, 0.15) is 46.4 Å². The van der Waals surface area contributed by atoms with Crippen molar-refractivity contribution in [1.82, 2.24) is 10.2 Å². The van der Waals surface area contributed by atoms with Crippen LogP contribution < -0.4 is 10.1 Å².